The Hall–Kier alpha value is -1.82. The van der Waals surface area contributed by atoms with Crippen molar-refractivity contribution in [2.24, 2.45) is 0 Å². The number of rotatable bonds is 2. The van der Waals surface area contributed by atoms with E-state index in [1.165, 1.54) is 10.5 Å². The number of imidazole rings is 1. The van der Waals surface area contributed by atoms with Crippen LogP contribution in [0, 0.1) is 6.92 Å². The number of aryl methyl sites for hydroxylation is 2. The van der Waals surface area contributed by atoms with Gasteiger partial charge >= 0.3 is 0 Å². The maximum atomic E-state index is 12.6. The van der Waals surface area contributed by atoms with Crippen molar-refractivity contribution in [2.45, 2.75) is 24.8 Å². The lowest BCUT2D eigenvalue weighted by Crippen LogP contribution is -2.35. The van der Waals surface area contributed by atoms with E-state index in [1.54, 1.807) is 6.92 Å². The summed E-state index contributed by atoms with van der Waals surface area (Å²) in [5, 5.41) is 0.154. The third kappa shape index (κ3) is 2.02. The van der Waals surface area contributed by atoms with Gasteiger partial charge in [0.05, 0.1) is 11.9 Å². The first kappa shape index (κ1) is 12.2. The summed E-state index contributed by atoms with van der Waals surface area (Å²) in [5.74, 6) is 0.601. The molecule has 5 nitrogen and oxygen atoms in total. The minimum absolute atomic E-state index is 0.154. The van der Waals surface area contributed by atoms with Crippen molar-refractivity contribution in [3.8, 4) is 0 Å². The second kappa shape index (κ2) is 4.38. The molecule has 1 aliphatic rings. The van der Waals surface area contributed by atoms with E-state index in [-0.39, 0.29) is 5.03 Å². The van der Waals surface area contributed by atoms with Crippen molar-refractivity contribution in [2.75, 3.05) is 10.8 Å². The molecule has 1 aromatic heterocycles. The normalized spacial score (nSPS) is 15.3. The van der Waals surface area contributed by atoms with E-state index in [0.717, 1.165) is 24.1 Å². The number of para-hydroxylation sites is 1. The molecule has 0 spiro atoms. The van der Waals surface area contributed by atoms with E-state index in [1.807, 2.05) is 24.3 Å². The van der Waals surface area contributed by atoms with Crippen molar-refractivity contribution in [1.29, 1.82) is 0 Å². The molecule has 6 heteroatoms. The average Bonchev–Trinajstić information content (AvgIpc) is 2.85. The number of fused-ring (bicyclic) bond motifs is 1. The van der Waals surface area contributed by atoms with Gasteiger partial charge in [0.25, 0.3) is 10.0 Å². The highest BCUT2D eigenvalue weighted by atomic mass is 32.2. The molecular weight excluding hydrogens is 262 g/mol. The smallest absolute Gasteiger partial charge is 0.281 e. The first-order valence-corrected chi connectivity index (χ1v) is 7.65. The van der Waals surface area contributed by atoms with Gasteiger partial charge in [-0.05, 0) is 31.4 Å². The van der Waals surface area contributed by atoms with Crippen LogP contribution in [-0.4, -0.2) is 24.9 Å². The Morgan fingerprint density at radius 2 is 2.11 bits per heavy atom. The summed E-state index contributed by atoms with van der Waals surface area (Å²) < 4.78 is 26.7. The van der Waals surface area contributed by atoms with E-state index >= 15 is 0 Å². The summed E-state index contributed by atoms with van der Waals surface area (Å²) in [6.45, 7) is 2.25. The SMILES string of the molecule is Cc1ncc(S(=O)(=O)N2CCCc3ccccc32)[nH]1. The number of benzene rings is 1. The Labute approximate surface area is 112 Å². The summed E-state index contributed by atoms with van der Waals surface area (Å²) >= 11 is 0. The van der Waals surface area contributed by atoms with Crippen LogP contribution in [-0.2, 0) is 16.4 Å². The number of nitrogens with one attached hydrogen (secondary N) is 1. The minimum Gasteiger partial charge on any atom is -0.332 e. The molecule has 3 rings (SSSR count). The Kier molecular flexibility index (Phi) is 2.82. The molecule has 0 amide bonds. The first-order valence-electron chi connectivity index (χ1n) is 6.21. The minimum atomic E-state index is -3.54. The maximum Gasteiger partial charge on any atom is 0.281 e. The summed E-state index contributed by atoms with van der Waals surface area (Å²) in [6, 6.07) is 7.64. The molecule has 1 aromatic carbocycles. The van der Waals surface area contributed by atoms with E-state index in [0.29, 0.717) is 12.4 Å². The molecule has 0 bridgehead atoms. The van der Waals surface area contributed by atoms with Crippen LogP contribution in [0.5, 0.6) is 0 Å². The van der Waals surface area contributed by atoms with E-state index in [9.17, 15) is 8.42 Å². The van der Waals surface area contributed by atoms with Gasteiger partial charge in [0, 0.05) is 6.54 Å². The molecular formula is C13H15N3O2S. The van der Waals surface area contributed by atoms with Crippen LogP contribution in [0.1, 0.15) is 17.8 Å². The molecule has 0 radical (unpaired) electrons. The van der Waals surface area contributed by atoms with Gasteiger partial charge in [0.1, 0.15) is 5.82 Å². The monoisotopic (exact) mass is 277 g/mol. The van der Waals surface area contributed by atoms with Crippen molar-refractivity contribution in [3.05, 3.63) is 41.9 Å². The maximum absolute atomic E-state index is 12.6. The molecule has 0 unspecified atom stereocenters. The highest BCUT2D eigenvalue weighted by molar-refractivity contribution is 7.92. The molecule has 1 N–H and O–H groups in total. The van der Waals surface area contributed by atoms with Gasteiger partial charge < -0.3 is 4.98 Å². The van der Waals surface area contributed by atoms with Crippen LogP contribution in [0.3, 0.4) is 0 Å². The van der Waals surface area contributed by atoms with Crippen LogP contribution in [0.4, 0.5) is 5.69 Å². The fourth-order valence-corrected chi connectivity index (χ4v) is 3.90. The second-order valence-electron chi connectivity index (χ2n) is 4.64. The van der Waals surface area contributed by atoms with Crippen molar-refractivity contribution >= 4 is 15.7 Å². The lowest BCUT2D eigenvalue weighted by Gasteiger charge is -2.29. The Balaban J connectivity index is 2.08. The summed E-state index contributed by atoms with van der Waals surface area (Å²) in [6.07, 6.45) is 3.13. The van der Waals surface area contributed by atoms with Crippen LogP contribution >= 0.6 is 0 Å². The van der Waals surface area contributed by atoms with Crippen molar-refractivity contribution in [3.63, 3.8) is 0 Å². The van der Waals surface area contributed by atoms with Crippen molar-refractivity contribution < 1.29 is 8.42 Å². The van der Waals surface area contributed by atoms with Crippen LogP contribution in [0.15, 0.2) is 35.5 Å². The number of aromatic amines is 1. The Morgan fingerprint density at radius 1 is 1.32 bits per heavy atom. The van der Waals surface area contributed by atoms with E-state index in [4.69, 9.17) is 0 Å². The highest BCUT2D eigenvalue weighted by Gasteiger charge is 2.30. The summed E-state index contributed by atoms with van der Waals surface area (Å²) in [4.78, 5) is 6.78. The zero-order valence-corrected chi connectivity index (χ0v) is 11.4. The van der Waals surface area contributed by atoms with Gasteiger partial charge in [-0.1, -0.05) is 18.2 Å². The number of hydrogen-bond donors (Lipinski definition) is 1. The largest absolute Gasteiger partial charge is 0.332 e. The zero-order chi connectivity index (χ0) is 13.5. The lowest BCUT2D eigenvalue weighted by atomic mass is 10.0. The second-order valence-corrected chi connectivity index (χ2v) is 6.47. The highest BCUT2D eigenvalue weighted by Crippen LogP contribution is 2.31. The zero-order valence-electron chi connectivity index (χ0n) is 10.6. The summed E-state index contributed by atoms with van der Waals surface area (Å²) in [7, 11) is -3.54. The Morgan fingerprint density at radius 3 is 2.84 bits per heavy atom. The third-order valence-electron chi connectivity index (χ3n) is 3.32. The third-order valence-corrected chi connectivity index (χ3v) is 5.04. The Bertz CT molecular complexity index is 706. The van der Waals surface area contributed by atoms with Crippen molar-refractivity contribution in [1.82, 2.24) is 9.97 Å². The molecule has 0 saturated carbocycles. The standard InChI is InChI=1S/C13H15N3O2S/c1-10-14-9-13(15-10)19(17,18)16-8-4-6-11-5-2-3-7-12(11)16/h2-3,5,7,9H,4,6,8H2,1H3,(H,14,15). The quantitative estimate of drug-likeness (QED) is 0.911. The van der Waals surface area contributed by atoms with Gasteiger partial charge in [-0.25, -0.2) is 4.98 Å². The molecule has 2 aromatic rings. The number of H-pyrrole nitrogens is 1. The van der Waals surface area contributed by atoms with Gasteiger partial charge in [-0.15, -0.1) is 0 Å². The van der Waals surface area contributed by atoms with E-state index < -0.39 is 10.0 Å². The van der Waals surface area contributed by atoms with Gasteiger partial charge in [0.15, 0.2) is 5.03 Å². The number of hydrogen-bond acceptors (Lipinski definition) is 3. The number of sulfonamides is 1. The lowest BCUT2D eigenvalue weighted by molar-refractivity contribution is 0.583. The van der Waals surface area contributed by atoms with Crippen LogP contribution in [0.2, 0.25) is 0 Å². The number of anilines is 1. The van der Waals surface area contributed by atoms with E-state index in [2.05, 4.69) is 9.97 Å². The molecule has 0 atom stereocenters. The van der Waals surface area contributed by atoms with Gasteiger partial charge in [0.2, 0.25) is 0 Å². The summed E-state index contributed by atoms with van der Waals surface area (Å²) in [5.41, 5.74) is 1.86. The predicted octanol–water partition coefficient (Wildman–Crippen LogP) is 1.86. The average molecular weight is 277 g/mol. The number of aromatic nitrogens is 2. The fraction of sp³-hybridized carbons (Fsp3) is 0.308. The molecule has 0 fully saturated rings. The molecule has 100 valence electrons. The van der Waals surface area contributed by atoms with Gasteiger partial charge in [-0.3, -0.25) is 4.31 Å². The first-order chi connectivity index (χ1) is 9.09. The topological polar surface area (TPSA) is 66.1 Å². The number of nitrogens with zero attached hydrogens (tertiary/aromatic N) is 2. The predicted molar refractivity (Wildman–Crippen MR) is 72.6 cm³/mol. The molecule has 19 heavy (non-hydrogen) atoms. The molecule has 1 aliphatic heterocycles. The van der Waals surface area contributed by atoms with Gasteiger partial charge in [-0.2, -0.15) is 8.42 Å². The fourth-order valence-electron chi connectivity index (χ4n) is 2.40. The molecule has 0 aliphatic carbocycles. The molecule has 0 saturated heterocycles. The van der Waals surface area contributed by atoms with Crippen LogP contribution in [0.25, 0.3) is 0 Å². The molecule has 2 heterocycles. The van der Waals surface area contributed by atoms with Crippen LogP contribution < -0.4 is 4.31 Å².